The van der Waals surface area contributed by atoms with E-state index in [1.807, 2.05) is 0 Å². The zero-order chi connectivity index (χ0) is 14.0. The van der Waals surface area contributed by atoms with Crippen LogP contribution in [0.4, 0.5) is 24.5 Å². The smallest absolute Gasteiger partial charge is 0.183 e. The SMILES string of the molecule is N#Cc1ccc(Nc2ccc(F)c(Br)c2)c(F)c1F. The number of halogens is 4. The maximum atomic E-state index is 13.6. The Morgan fingerprint density at radius 2 is 1.79 bits per heavy atom. The first-order valence-corrected chi connectivity index (χ1v) is 5.92. The van der Waals surface area contributed by atoms with Crippen LogP contribution in [0.25, 0.3) is 0 Å². The minimum atomic E-state index is -1.21. The van der Waals surface area contributed by atoms with E-state index in [-0.39, 0.29) is 15.7 Å². The summed E-state index contributed by atoms with van der Waals surface area (Å²) in [4.78, 5) is 0. The molecule has 0 aromatic heterocycles. The predicted octanol–water partition coefficient (Wildman–Crippen LogP) is 4.48. The molecule has 0 fully saturated rings. The van der Waals surface area contributed by atoms with Gasteiger partial charge in [0.15, 0.2) is 11.6 Å². The van der Waals surface area contributed by atoms with E-state index in [9.17, 15) is 13.2 Å². The third-order valence-electron chi connectivity index (χ3n) is 2.40. The van der Waals surface area contributed by atoms with Crippen LogP contribution in [0.5, 0.6) is 0 Å². The van der Waals surface area contributed by atoms with Crippen LogP contribution in [0, 0.1) is 28.8 Å². The van der Waals surface area contributed by atoms with Gasteiger partial charge in [-0.1, -0.05) is 0 Å². The lowest BCUT2D eigenvalue weighted by Gasteiger charge is -2.09. The van der Waals surface area contributed by atoms with Gasteiger partial charge >= 0.3 is 0 Å². The van der Waals surface area contributed by atoms with Crippen molar-refractivity contribution in [2.24, 2.45) is 0 Å². The third kappa shape index (κ3) is 2.71. The minimum Gasteiger partial charge on any atom is -0.353 e. The summed E-state index contributed by atoms with van der Waals surface area (Å²) < 4.78 is 40.3. The van der Waals surface area contributed by atoms with Gasteiger partial charge in [0.25, 0.3) is 0 Å². The van der Waals surface area contributed by atoms with Crippen molar-refractivity contribution in [3.05, 3.63) is 57.8 Å². The molecule has 1 N–H and O–H groups in total. The van der Waals surface area contributed by atoms with Crippen LogP contribution in [0.1, 0.15) is 5.56 Å². The molecule has 6 heteroatoms. The second kappa shape index (κ2) is 5.33. The quantitative estimate of drug-likeness (QED) is 0.883. The Balaban J connectivity index is 2.36. The van der Waals surface area contributed by atoms with Gasteiger partial charge in [0.2, 0.25) is 0 Å². The Labute approximate surface area is 115 Å². The second-order valence-corrected chi connectivity index (χ2v) is 4.51. The molecule has 0 radical (unpaired) electrons. The molecule has 96 valence electrons. The molecule has 0 amide bonds. The van der Waals surface area contributed by atoms with E-state index in [1.54, 1.807) is 6.07 Å². The third-order valence-corrected chi connectivity index (χ3v) is 3.01. The lowest BCUT2D eigenvalue weighted by Crippen LogP contribution is -1.98. The first-order chi connectivity index (χ1) is 9.02. The Morgan fingerprint density at radius 1 is 1.05 bits per heavy atom. The molecule has 0 saturated carbocycles. The van der Waals surface area contributed by atoms with Crippen LogP contribution in [0.3, 0.4) is 0 Å². The number of benzene rings is 2. The van der Waals surface area contributed by atoms with Crippen molar-refractivity contribution in [2.45, 2.75) is 0 Å². The van der Waals surface area contributed by atoms with E-state index in [4.69, 9.17) is 5.26 Å². The van der Waals surface area contributed by atoms with Crippen molar-refractivity contribution in [1.29, 1.82) is 5.26 Å². The summed E-state index contributed by atoms with van der Waals surface area (Å²) in [6.07, 6.45) is 0. The maximum absolute atomic E-state index is 13.6. The lowest BCUT2D eigenvalue weighted by atomic mass is 10.2. The lowest BCUT2D eigenvalue weighted by molar-refractivity contribution is 0.509. The van der Waals surface area contributed by atoms with Crippen molar-refractivity contribution >= 4 is 27.3 Å². The fraction of sp³-hybridized carbons (Fsp3) is 0. The predicted molar refractivity (Wildman–Crippen MR) is 68.5 cm³/mol. The Hall–Kier alpha value is -2.00. The fourth-order valence-electron chi connectivity index (χ4n) is 1.46. The van der Waals surface area contributed by atoms with Crippen LogP contribution in [0.2, 0.25) is 0 Å². The van der Waals surface area contributed by atoms with Crippen LogP contribution in [-0.4, -0.2) is 0 Å². The summed E-state index contributed by atoms with van der Waals surface area (Å²) in [5, 5.41) is 11.2. The first-order valence-electron chi connectivity index (χ1n) is 5.13. The zero-order valence-electron chi connectivity index (χ0n) is 9.35. The Kier molecular flexibility index (Phi) is 3.76. The van der Waals surface area contributed by atoms with Crippen molar-refractivity contribution in [1.82, 2.24) is 0 Å². The number of rotatable bonds is 2. The molecule has 19 heavy (non-hydrogen) atoms. The molecule has 0 atom stereocenters. The molecular weight excluding hydrogens is 321 g/mol. The molecule has 2 rings (SSSR count). The second-order valence-electron chi connectivity index (χ2n) is 3.65. The molecule has 0 spiro atoms. The summed E-state index contributed by atoms with van der Waals surface area (Å²) in [7, 11) is 0. The van der Waals surface area contributed by atoms with Gasteiger partial charge in [-0.2, -0.15) is 5.26 Å². The van der Waals surface area contributed by atoms with E-state index < -0.39 is 17.5 Å². The van der Waals surface area contributed by atoms with Gasteiger partial charge in [0.05, 0.1) is 15.7 Å². The van der Waals surface area contributed by atoms with Crippen molar-refractivity contribution in [2.75, 3.05) is 5.32 Å². The molecule has 2 aromatic carbocycles. The molecule has 0 bridgehead atoms. The van der Waals surface area contributed by atoms with Crippen molar-refractivity contribution in [3.8, 4) is 6.07 Å². The maximum Gasteiger partial charge on any atom is 0.183 e. The highest BCUT2D eigenvalue weighted by molar-refractivity contribution is 9.10. The number of anilines is 2. The van der Waals surface area contributed by atoms with Crippen LogP contribution in [-0.2, 0) is 0 Å². The summed E-state index contributed by atoms with van der Waals surface area (Å²) in [5.41, 5.74) is -0.116. The van der Waals surface area contributed by atoms with Gasteiger partial charge in [-0.15, -0.1) is 0 Å². The highest BCUT2D eigenvalue weighted by Crippen LogP contribution is 2.26. The molecule has 0 saturated heterocycles. The molecular formula is C13H6BrF3N2. The molecule has 2 nitrogen and oxygen atoms in total. The van der Waals surface area contributed by atoms with Crippen LogP contribution < -0.4 is 5.32 Å². The molecule has 0 heterocycles. The summed E-state index contributed by atoms with van der Waals surface area (Å²) in [6.45, 7) is 0. The van der Waals surface area contributed by atoms with E-state index in [1.165, 1.54) is 30.3 Å². The van der Waals surface area contributed by atoms with Crippen molar-refractivity contribution in [3.63, 3.8) is 0 Å². The molecule has 0 aliphatic rings. The monoisotopic (exact) mass is 326 g/mol. The Bertz CT molecular complexity index is 680. The highest BCUT2D eigenvalue weighted by atomic mass is 79.9. The topological polar surface area (TPSA) is 35.8 Å². The van der Waals surface area contributed by atoms with E-state index >= 15 is 0 Å². The molecule has 0 aliphatic carbocycles. The van der Waals surface area contributed by atoms with E-state index in [0.717, 1.165) is 0 Å². The van der Waals surface area contributed by atoms with E-state index in [0.29, 0.717) is 5.69 Å². The molecule has 0 aliphatic heterocycles. The molecule has 2 aromatic rings. The van der Waals surface area contributed by atoms with Gasteiger partial charge in [-0.3, -0.25) is 0 Å². The summed E-state index contributed by atoms with van der Waals surface area (Å²) in [5.74, 6) is -2.83. The minimum absolute atomic E-state index is 0.130. The van der Waals surface area contributed by atoms with Gasteiger partial charge in [0, 0.05) is 5.69 Å². The summed E-state index contributed by atoms with van der Waals surface area (Å²) >= 11 is 2.99. The zero-order valence-corrected chi connectivity index (χ0v) is 10.9. The highest BCUT2D eigenvalue weighted by Gasteiger charge is 2.13. The van der Waals surface area contributed by atoms with E-state index in [2.05, 4.69) is 21.2 Å². The normalized spacial score (nSPS) is 10.1. The number of nitrogens with zero attached hydrogens (tertiary/aromatic N) is 1. The number of nitrogens with one attached hydrogen (secondary N) is 1. The molecule has 0 unspecified atom stereocenters. The first kappa shape index (κ1) is 13.4. The summed E-state index contributed by atoms with van der Waals surface area (Å²) in [6, 6.07) is 7.92. The van der Waals surface area contributed by atoms with Gasteiger partial charge in [0.1, 0.15) is 11.9 Å². The average molecular weight is 327 g/mol. The standard InChI is InChI=1S/C13H6BrF3N2/c14-9-5-8(2-3-10(9)15)19-11-4-1-7(6-18)12(16)13(11)17/h1-5,19H. The number of hydrogen-bond acceptors (Lipinski definition) is 2. The largest absolute Gasteiger partial charge is 0.353 e. The fourth-order valence-corrected chi connectivity index (χ4v) is 1.84. The number of nitriles is 1. The van der Waals surface area contributed by atoms with Gasteiger partial charge < -0.3 is 5.32 Å². The van der Waals surface area contributed by atoms with Crippen LogP contribution in [0.15, 0.2) is 34.8 Å². The average Bonchev–Trinajstić information content (AvgIpc) is 2.40. The van der Waals surface area contributed by atoms with Crippen molar-refractivity contribution < 1.29 is 13.2 Å². The Morgan fingerprint density at radius 3 is 2.42 bits per heavy atom. The number of hydrogen-bond donors (Lipinski definition) is 1. The van der Waals surface area contributed by atoms with Crippen LogP contribution >= 0.6 is 15.9 Å². The van der Waals surface area contributed by atoms with Gasteiger partial charge in [-0.05, 0) is 46.3 Å². The van der Waals surface area contributed by atoms with Gasteiger partial charge in [-0.25, -0.2) is 13.2 Å².